The van der Waals surface area contributed by atoms with E-state index in [2.05, 4.69) is 24.4 Å². The van der Waals surface area contributed by atoms with Crippen molar-refractivity contribution < 1.29 is 9.53 Å². The van der Waals surface area contributed by atoms with Crippen LogP contribution in [0.4, 0.5) is 0 Å². The third-order valence-electron chi connectivity index (χ3n) is 3.89. The van der Waals surface area contributed by atoms with Gasteiger partial charge in [-0.2, -0.15) is 0 Å². The van der Waals surface area contributed by atoms with Crippen LogP contribution in [0.25, 0.3) is 0 Å². The number of carbonyl (C=O) groups is 1. The van der Waals surface area contributed by atoms with Crippen molar-refractivity contribution in [3.8, 4) is 5.75 Å². The summed E-state index contributed by atoms with van der Waals surface area (Å²) >= 11 is 0. The number of nitrogens with one attached hydrogen (secondary N) is 1. The minimum Gasteiger partial charge on any atom is -0.494 e. The van der Waals surface area contributed by atoms with Crippen molar-refractivity contribution in [2.24, 2.45) is 5.41 Å². The first-order valence-electron chi connectivity index (χ1n) is 7.99. The molecule has 1 amide bonds. The number of unbranched alkanes of at least 4 members (excludes halogenated alkanes) is 1. The monoisotopic (exact) mass is 291 g/mol. The normalized spacial score (nSPS) is 11.2. The Morgan fingerprint density at radius 3 is 2.43 bits per heavy atom. The van der Waals surface area contributed by atoms with Crippen molar-refractivity contribution in [3.63, 3.8) is 0 Å². The Morgan fingerprint density at radius 1 is 1.19 bits per heavy atom. The first-order chi connectivity index (χ1) is 9.99. The summed E-state index contributed by atoms with van der Waals surface area (Å²) in [7, 11) is 0. The van der Waals surface area contributed by atoms with E-state index in [-0.39, 0.29) is 11.3 Å². The predicted octanol–water partition coefficient (Wildman–Crippen LogP) is 3.96. The van der Waals surface area contributed by atoms with E-state index >= 15 is 0 Å². The van der Waals surface area contributed by atoms with E-state index in [0.717, 1.165) is 38.0 Å². The fourth-order valence-electron chi connectivity index (χ4n) is 1.81. The molecule has 3 nitrogen and oxygen atoms in total. The zero-order chi connectivity index (χ0) is 15.7. The van der Waals surface area contributed by atoms with Gasteiger partial charge in [-0.25, -0.2) is 0 Å². The summed E-state index contributed by atoms with van der Waals surface area (Å²) in [4.78, 5) is 12.0. The van der Waals surface area contributed by atoms with Gasteiger partial charge in [0, 0.05) is 12.0 Å². The molecule has 3 heteroatoms. The lowest BCUT2D eigenvalue weighted by Crippen LogP contribution is -2.37. The first-order valence-corrected chi connectivity index (χ1v) is 7.99. The van der Waals surface area contributed by atoms with E-state index in [1.54, 1.807) is 0 Å². The lowest BCUT2D eigenvalue weighted by atomic mass is 9.89. The van der Waals surface area contributed by atoms with E-state index in [1.165, 1.54) is 5.56 Å². The highest BCUT2D eigenvalue weighted by Gasteiger charge is 2.24. The third kappa shape index (κ3) is 6.19. The van der Waals surface area contributed by atoms with Crippen LogP contribution in [0.5, 0.6) is 5.75 Å². The number of amides is 1. The molecule has 21 heavy (non-hydrogen) atoms. The van der Waals surface area contributed by atoms with Gasteiger partial charge in [0.2, 0.25) is 5.91 Å². The molecule has 0 aromatic heterocycles. The number of benzene rings is 1. The molecule has 0 saturated carbocycles. The molecule has 0 aliphatic carbocycles. The van der Waals surface area contributed by atoms with E-state index in [4.69, 9.17) is 4.74 Å². The molecule has 0 atom stereocenters. The summed E-state index contributed by atoms with van der Waals surface area (Å²) in [5, 5.41) is 3.01. The summed E-state index contributed by atoms with van der Waals surface area (Å²) in [5.74, 6) is 1.05. The highest BCUT2D eigenvalue weighted by atomic mass is 16.5. The highest BCUT2D eigenvalue weighted by Crippen LogP contribution is 2.19. The second-order valence-electron chi connectivity index (χ2n) is 6.09. The number of hydrogen-bond donors (Lipinski definition) is 1. The van der Waals surface area contributed by atoms with Crippen LogP contribution in [0.15, 0.2) is 24.3 Å². The van der Waals surface area contributed by atoms with E-state index in [9.17, 15) is 4.79 Å². The fourth-order valence-corrected chi connectivity index (χ4v) is 1.81. The van der Waals surface area contributed by atoms with E-state index in [0.29, 0.717) is 6.54 Å². The summed E-state index contributed by atoms with van der Waals surface area (Å²) in [6.07, 6.45) is 3.93. The zero-order valence-corrected chi connectivity index (χ0v) is 13.9. The summed E-state index contributed by atoms with van der Waals surface area (Å²) in [6.45, 7) is 9.60. The maximum atomic E-state index is 12.0. The van der Waals surface area contributed by atoms with Crippen LogP contribution in [-0.4, -0.2) is 19.1 Å². The molecule has 0 heterocycles. The second-order valence-corrected chi connectivity index (χ2v) is 6.09. The van der Waals surface area contributed by atoms with Crippen molar-refractivity contribution in [2.45, 2.75) is 53.4 Å². The quantitative estimate of drug-likeness (QED) is 0.699. The highest BCUT2D eigenvalue weighted by molar-refractivity contribution is 5.81. The van der Waals surface area contributed by atoms with Crippen LogP contribution in [-0.2, 0) is 11.2 Å². The van der Waals surface area contributed by atoms with Crippen molar-refractivity contribution >= 4 is 5.91 Å². The number of carbonyl (C=O) groups excluding carboxylic acids is 1. The van der Waals surface area contributed by atoms with Crippen LogP contribution in [0.3, 0.4) is 0 Å². The van der Waals surface area contributed by atoms with Crippen molar-refractivity contribution in [3.05, 3.63) is 29.8 Å². The second kappa shape index (κ2) is 8.71. The van der Waals surface area contributed by atoms with Gasteiger partial charge in [0.05, 0.1) is 6.61 Å². The molecule has 0 radical (unpaired) electrons. The third-order valence-corrected chi connectivity index (χ3v) is 3.89. The molecule has 0 bridgehead atoms. The maximum absolute atomic E-state index is 12.0. The van der Waals surface area contributed by atoms with Crippen LogP contribution >= 0.6 is 0 Å². The van der Waals surface area contributed by atoms with Gasteiger partial charge < -0.3 is 10.1 Å². The predicted molar refractivity (Wildman–Crippen MR) is 87.6 cm³/mol. The van der Waals surface area contributed by atoms with Gasteiger partial charge >= 0.3 is 0 Å². The maximum Gasteiger partial charge on any atom is 0.225 e. The van der Waals surface area contributed by atoms with Gasteiger partial charge in [-0.1, -0.05) is 46.2 Å². The summed E-state index contributed by atoms with van der Waals surface area (Å²) in [6, 6.07) is 8.14. The molecule has 0 unspecified atom stereocenters. The van der Waals surface area contributed by atoms with Crippen LogP contribution in [0, 0.1) is 5.41 Å². The minimum atomic E-state index is -0.281. The molecule has 1 aromatic carbocycles. The van der Waals surface area contributed by atoms with Gasteiger partial charge in [0.1, 0.15) is 5.75 Å². The molecule has 118 valence electrons. The van der Waals surface area contributed by atoms with Gasteiger partial charge in [0.15, 0.2) is 0 Å². The Kier molecular flexibility index (Phi) is 7.27. The van der Waals surface area contributed by atoms with Crippen LogP contribution < -0.4 is 10.1 Å². The molecule has 0 spiro atoms. The summed E-state index contributed by atoms with van der Waals surface area (Å²) < 4.78 is 5.63. The average Bonchev–Trinajstić information content (AvgIpc) is 2.49. The fraction of sp³-hybridized carbons (Fsp3) is 0.611. The standard InChI is InChI=1S/C18H29NO2/c1-5-7-14-21-16-10-8-15(9-11-16)12-13-19-17(20)18(3,4)6-2/h8-11H,5-7,12-14H2,1-4H3,(H,19,20). The molecular weight excluding hydrogens is 262 g/mol. The lowest BCUT2D eigenvalue weighted by Gasteiger charge is -2.21. The largest absolute Gasteiger partial charge is 0.494 e. The van der Waals surface area contributed by atoms with Crippen molar-refractivity contribution in [1.82, 2.24) is 5.32 Å². The van der Waals surface area contributed by atoms with Crippen molar-refractivity contribution in [1.29, 1.82) is 0 Å². The number of rotatable bonds is 9. The van der Waals surface area contributed by atoms with E-state index < -0.39 is 0 Å². The van der Waals surface area contributed by atoms with Crippen LogP contribution in [0.2, 0.25) is 0 Å². The van der Waals surface area contributed by atoms with Gasteiger partial charge in [-0.15, -0.1) is 0 Å². The van der Waals surface area contributed by atoms with Gasteiger partial charge in [-0.3, -0.25) is 4.79 Å². The molecule has 0 fully saturated rings. The molecular formula is C18H29NO2. The molecule has 1 aromatic rings. The molecule has 1 N–H and O–H groups in total. The lowest BCUT2D eigenvalue weighted by molar-refractivity contribution is -0.129. The van der Waals surface area contributed by atoms with Gasteiger partial charge in [-0.05, 0) is 37.0 Å². The number of hydrogen-bond acceptors (Lipinski definition) is 2. The zero-order valence-electron chi connectivity index (χ0n) is 13.9. The molecule has 0 aliphatic rings. The minimum absolute atomic E-state index is 0.129. The van der Waals surface area contributed by atoms with E-state index in [1.807, 2.05) is 32.9 Å². The molecule has 0 aliphatic heterocycles. The van der Waals surface area contributed by atoms with Crippen LogP contribution in [0.1, 0.15) is 52.5 Å². The van der Waals surface area contributed by atoms with Gasteiger partial charge in [0.25, 0.3) is 0 Å². The summed E-state index contributed by atoms with van der Waals surface area (Å²) in [5.41, 5.74) is 0.934. The Bertz CT molecular complexity index is 423. The SMILES string of the molecule is CCCCOc1ccc(CCNC(=O)C(C)(C)CC)cc1. The Hall–Kier alpha value is -1.51. The molecule has 1 rings (SSSR count). The molecule has 0 saturated heterocycles. The smallest absolute Gasteiger partial charge is 0.225 e. The first kappa shape index (κ1) is 17.5. The Labute approximate surface area is 129 Å². The Balaban J connectivity index is 2.34. The Morgan fingerprint density at radius 2 is 1.86 bits per heavy atom. The average molecular weight is 291 g/mol. The topological polar surface area (TPSA) is 38.3 Å². The van der Waals surface area contributed by atoms with Crippen molar-refractivity contribution in [2.75, 3.05) is 13.2 Å². The number of ether oxygens (including phenoxy) is 1.